The fraction of sp³-hybridized carbons (Fsp3) is 0.417. The van der Waals surface area contributed by atoms with Gasteiger partial charge in [0.2, 0.25) is 6.79 Å². The Bertz CT molecular complexity index is 460. The number of aromatic hydroxyl groups is 1. The quantitative estimate of drug-likeness (QED) is 0.772. The second kappa shape index (κ2) is 5.14. The molecule has 0 spiro atoms. The number of carbonyl (C=O) groups excluding carboxylic acids is 1. The lowest BCUT2D eigenvalue weighted by atomic mass is 10.1. The van der Waals surface area contributed by atoms with Gasteiger partial charge >= 0.3 is 5.97 Å². The average Bonchev–Trinajstić information content (AvgIpc) is 2.81. The van der Waals surface area contributed by atoms with Crippen LogP contribution in [0, 0.1) is 0 Å². The summed E-state index contributed by atoms with van der Waals surface area (Å²) >= 11 is 0. The van der Waals surface area contributed by atoms with Crippen molar-refractivity contribution in [2.24, 2.45) is 0 Å². The molecule has 1 atom stereocenters. The number of phenols is 1. The van der Waals surface area contributed by atoms with E-state index in [1.165, 1.54) is 13.2 Å². The SMILES string of the molecule is COC(=O)C(C)NCc1cc2c(cc1O)OCO2. The summed E-state index contributed by atoms with van der Waals surface area (Å²) in [5.41, 5.74) is 0.634. The summed E-state index contributed by atoms with van der Waals surface area (Å²) in [7, 11) is 1.33. The Balaban J connectivity index is 2.04. The summed E-state index contributed by atoms with van der Waals surface area (Å²) in [4.78, 5) is 11.2. The van der Waals surface area contributed by atoms with Crippen LogP contribution in [0.3, 0.4) is 0 Å². The van der Waals surface area contributed by atoms with Crippen LogP contribution in [-0.2, 0) is 16.1 Å². The number of esters is 1. The zero-order valence-electron chi connectivity index (χ0n) is 10.2. The van der Waals surface area contributed by atoms with Gasteiger partial charge < -0.3 is 24.6 Å². The van der Waals surface area contributed by atoms with Crippen LogP contribution in [0.15, 0.2) is 12.1 Å². The Morgan fingerprint density at radius 2 is 2.17 bits per heavy atom. The van der Waals surface area contributed by atoms with Crippen molar-refractivity contribution in [3.63, 3.8) is 0 Å². The summed E-state index contributed by atoms with van der Waals surface area (Å²) in [6.07, 6.45) is 0. The number of carbonyl (C=O) groups is 1. The lowest BCUT2D eigenvalue weighted by Gasteiger charge is -2.12. The average molecular weight is 253 g/mol. The molecule has 98 valence electrons. The van der Waals surface area contributed by atoms with Gasteiger partial charge in [-0.05, 0) is 13.0 Å². The molecular weight excluding hydrogens is 238 g/mol. The fourth-order valence-electron chi connectivity index (χ4n) is 1.64. The van der Waals surface area contributed by atoms with E-state index in [4.69, 9.17) is 9.47 Å². The molecule has 1 aromatic rings. The number of ether oxygens (including phenoxy) is 3. The number of methoxy groups -OCH3 is 1. The topological polar surface area (TPSA) is 77.0 Å². The van der Waals surface area contributed by atoms with Crippen LogP contribution in [0.4, 0.5) is 0 Å². The highest BCUT2D eigenvalue weighted by atomic mass is 16.7. The molecule has 1 unspecified atom stereocenters. The Labute approximate surface area is 104 Å². The fourth-order valence-corrected chi connectivity index (χ4v) is 1.64. The number of fused-ring (bicyclic) bond motifs is 1. The van der Waals surface area contributed by atoms with Crippen molar-refractivity contribution in [2.45, 2.75) is 19.5 Å². The van der Waals surface area contributed by atoms with Crippen LogP contribution in [0.1, 0.15) is 12.5 Å². The Morgan fingerprint density at radius 3 is 2.83 bits per heavy atom. The number of benzene rings is 1. The van der Waals surface area contributed by atoms with E-state index in [2.05, 4.69) is 10.1 Å². The van der Waals surface area contributed by atoms with Crippen LogP contribution < -0.4 is 14.8 Å². The van der Waals surface area contributed by atoms with Gasteiger partial charge in [-0.1, -0.05) is 0 Å². The van der Waals surface area contributed by atoms with E-state index in [0.29, 0.717) is 23.6 Å². The summed E-state index contributed by atoms with van der Waals surface area (Å²) in [5, 5.41) is 12.7. The van der Waals surface area contributed by atoms with Crippen LogP contribution in [-0.4, -0.2) is 31.0 Å². The first kappa shape index (κ1) is 12.5. The molecule has 0 radical (unpaired) electrons. The molecule has 0 saturated heterocycles. The number of hydrogen-bond donors (Lipinski definition) is 2. The van der Waals surface area contributed by atoms with E-state index >= 15 is 0 Å². The molecule has 0 aromatic heterocycles. The molecular formula is C12H15NO5. The van der Waals surface area contributed by atoms with Gasteiger partial charge in [-0.15, -0.1) is 0 Å². The summed E-state index contributed by atoms with van der Waals surface area (Å²) in [5.74, 6) is 0.867. The third-order valence-corrected chi connectivity index (χ3v) is 2.73. The minimum Gasteiger partial charge on any atom is -0.507 e. The van der Waals surface area contributed by atoms with Crippen molar-refractivity contribution in [1.82, 2.24) is 5.32 Å². The molecule has 1 aliphatic rings. The molecule has 0 bridgehead atoms. The first-order valence-electron chi connectivity index (χ1n) is 5.54. The minimum absolute atomic E-state index is 0.101. The van der Waals surface area contributed by atoms with Crippen molar-refractivity contribution >= 4 is 5.97 Å². The van der Waals surface area contributed by atoms with E-state index in [1.807, 2.05) is 0 Å². The second-order valence-electron chi connectivity index (χ2n) is 3.96. The van der Waals surface area contributed by atoms with Gasteiger partial charge in [0.25, 0.3) is 0 Å². The van der Waals surface area contributed by atoms with Crippen molar-refractivity contribution < 1.29 is 24.1 Å². The van der Waals surface area contributed by atoms with Crippen LogP contribution in [0.5, 0.6) is 17.2 Å². The molecule has 18 heavy (non-hydrogen) atoms. The first-order chi connectivity index (χ1) is 8.61. The van der Waals surface area contributed by atoms with Gasteiger partial charge in [0, 0.05) is 18.2 Å². The molecule has 0 amide bonds. The Morgan fingerprint density at radius 1 is 1.50 bits per heavy atom. The second-order valence-corrected chi connectivity index (χ2v) is 3.96. The zero-order chi connectivity index (χ0) is 13.1. The highest BCUT2D eigenvalue weighted by molar-refractivity contribution is 5.75. The van der Waals surface area contributed by atoms with E-state index in [-0.39, 0.29) is 18.5 Å². The maximum atomic E-state index is 11.2. The number of phenolic OH excluding ortho intramolecular Hbond substituents is 1. The van der Waals surface area contributed by atoms with E-state index < -0.39 is 6.04 Å². The standard InChI is InChI=1S/C12H15NO5/c1-7(12(15)16-2)13-5-8-3-10-11(4-9(8)14)18-6-17-10/h3-4,7,13-14H,5-6H2,1-2H3. The van der Waals surface area contributed by atoms with Crippen LogP contribution in [0.2, 0.25) is 0 Å². The molecule has 0 fully saturated rings. The molecule has 1 aromatic carbocycles. The largest absolute Gasteiger partial charge is 0.507 e. The predicted octanol–water partition coefficient (Wildman–Crippen LogP) is 0.772. The highest BCUT2D eigenvalue weighted by Crippen LogP contribution is 2.37. The molecule has 6 nitrogen and oxygen atoms in total. The van der Waals surface area contributed by atoms with Gasteiger partial charge in [-0.2, -0.15) is 0 Å². The summed E-state index contributed by atoms with van der Waals surface area (Å²) in [6.45, 7) is 2.18. The monoisotopic (exact) mass is 253 g/mol. The van der Waals surface area contributed by atoms with Crippen LogP contribution >= 0.6 is 0 Å². The maximum absolute atomic E-state index is 11.2. The maximum Gasteiger partial charge on any atom is 0.322 e. The van der Waals surface area contributed by atoms with Gasteiger partial charge in [0.1, 0.15) is 11.8 Å². The number of hydrogen-bond acceptors (Lipinski definition) is 6. The van der Waals surface area contributed by atoms with Crippen LogP contribution in [0.25, 0.3) is 0 Å². The van der Waals surface area contributed by atoms with Gasteiger partial charge in [-0.25, -0.2) is 0 Å². The highest BCUT2D eigenvalue weighted by Gasteiger charge is 2.18. The van der Waals surface area contributed by atoms with Gasteiger partial charge in [0.15, 0.2) is 11.5 Å². The lowest BCUT2D eigenvalue weighted by molar-refractivity contribution is -0.142. The molecule has 0 saturated carbocycles. The zero-order valence-corrected chi connectivity index (χ0v) is 10.2. The van der Waals surface area contributed by atoms with E-state index in [9.17, 15) is 9.90 Å². The van der Waals surface area contributed by atoms with Gasteiger partial charge in [0.05, 0.1) is 7.11 Å². The van der Waals surface area contributed by atoms with Crippen molar-refractivity contribution in [3.8, 4) is 17.2 Å². The summed E-state index contributed by atoms with van der Waals surface area (Å²) < 4.78 is 15.0. The minimum atomic E-state index is -0.445. The van der Waals surface area contributed by atoms with Crippen molar-refractivity contribution in [2.75, 3.05) is 13.9 Å². The normalized spacial score (nSPS) is 14.3. The van der Waals surface area contributed by atoms with E-state index in [1.54, 1.807) is 13.0 Å². The Kier molecular flexibility index (Phi) is 3.57. The third-order valence-electron chi connectivity index (χ3n) is 2.73. The van der Waals surface area contributed by atoms with Crippen molar-refractivity contribution in [3.05, 3.63) is 17.7 Å². The lowest BCUT2D eigenvalue weighted by Crippen LogP contribution is -2.34. The smallest absolute Gasteiger partial charge is 0.322 e. The Hall–Kier alpha value is -1.95. The molecule has 2 rings (SSSR count). The predicted molar refractivity (Wildman–Crippen MR) is 62.5 cm³/mol. The first-order valence-corrected chi connectivity index (χ1v) is 5.54. The molecule has 1 heterocycles. The summed E-state index contributed by atoms with van der Waals surface area (Å²) in [6, 6.07) is 2.75. The molecule has 2 N–H and O–H groups in total. The number of rotatable bonds is 4. The number of nitrogens with one attached hydrogen (secondary N) is 1. The molecule has 6 heteroatoms. The van der Waals surface area contributed by atoms with Gasteiger partial charge in [-0.3, -0.25) is 4.79 Å². The third kappa shape index (κ3) is 2.48. The molecule has 1 aliphatic heterocycles. The van der Waals surface area contributed by atoms with E-state index in [0.717, 1.165) is 0 Å². The molecule has 0 aliphatic carbocycles. The van der Waals surface area contributed by atoms with Crippen molar-refractivity contribution in [1.29, 1.82) is 0 Å².